The number of halogens is 3. The summed E-state index contributed by atoms with van der Waals surface area (Å²) in [5.41, 5.74) is -2.35. The summed E-state index contributed by atoms with van der Waals surface area (Å²) in [5, 5.41) is -0.504. The molecule has 0 atom stereocenters. The molecular formula is C11H8F3NO4S. The van der Waals surface area contributed by atoms with Gasteiger partial charge in [-0.1, -0.05) is 0 Å². The maximum Gasteiger partial charge on any atom is 0.417 e. The molecule has 1 aromatic heterocycles. The van der Waals surface area contributed by atoms with Crippen LogP contribution in [0.4, 0.5) is 13.2 Å². The summed E-state index contributed by atoms with van der Waals surface area (Å²) in [6.45, 7) is 1.29. The minimum atomic E-state index is -4.82. The van der Waals surface area contributed by atoms with Crippen LogP contribution in [0, 0.1) is 6.92 Å². The van der Waals surface area contributed by atoms with E-state index in [0.29, 0.717) is 12.1 Å². The Bertz CT molecular complexity index is 852. The van der Waals surface area contributed by atoms with Crippen LogP contribution >= 0.6 is 0 Å². The summed E-state index contributed by atoms with van der Waals surface area (Å²) in [6, 6.07) is 2.10. The Hall–Kier alpha value is -1.87. The highest BCUT2D eigenvalue weighted by Gasteiger charge is 2.34. The Labute approximate surface area is 110 Å². The molecule has 0 aliphatic rings. The van der Waals surface area contributed by atoms with Gasteiger partial charge in [-0.2, -0.15) is 21.6 Å². The van der Waals surface area contributed by atoms with Gasteiger partial charge in [-0.25, -0.2) is 0 Å². The van der Waals surface area contributed by atoms with E-state index in [1.165, 1.54) is 6.92 Å². The molecule has 1 heterocycles. The number of alkyl halides is 3. The second-order valence-corrected chi connectivity index (χ2v) is 5.57. The number of aromatic nitrogens is 1. The normalized spacial score (nSPS) is 12.8. The van der Waals surface area contributed by atoms with E-state index in [0.717, 1.165) is 6.07 Å². The average Bonchev–Trinajstić information content (AvgIpc) is 2.23. The number of rotatable bonds is 1. The maximum absolute atomic E-state index is 12.9. The lowest BCUT2D eigenvalue weighted by atomic mass is 10.1. The molecule has 0 bridgehead atoms. The van der Waals surface area contributed by atoms with Crippen LogP contribution in [0.15, 0.2) is 27.9 Å². The predicted molar refractivity (Wildman–Crippen MR) is 64.1 cm³/mol. The zero-order valence-electron chi connectivity index (χ0n) is 9.95. The van der Waals surface area contributed by atoms with Crippen molar-refractivity contribution < 1.29 is 26.1 Å². The number of hydrogen-bond acceptors (Lipinski definition) is 3. The third-order valence-corrected chi connectivity index (χ3v) is 3.72. The molecule has 0 aliphatic carbocycles. The fourth-order valence-corrected chi connectivity index (χ4v) is 2.64. The highest BCUT2D eigenvalue weighted by atomic mass is 32.2. The number of benzene rings is 1. The first-order valence-corrected chi connectivity index (χ1v) is 6.66. The third-order valence-electron chi connectivity index (χ3n) is 2.72. The van der Waals surface area contributed by atoms with Crippen LogP contribution in [-0.2, 0) is 16.3 Å². The first kappa shape index (κ1) is 14.5. The topological polar surface area (TPSA) is 87.2 Å². The number of hydrogen-bond donors (Lipinski definition) is 2. The fraction of sp³-hybridized carbons (Fsp3) is 0.182. The largest absolute Gasteiger partial charge is 0.417 e. The quantitative estimate of drug-likeness (QED) is 0.790. The predicted octanol–water partition coefficient (Wildman–Crippen LogP) is 2.10. The molecule has 2 aromatic rings. The molecule has 9 heteroatoms. The van der Waals surface area contributed by atoms with Crippen LogP contribution in [0.3, 0.4) is 0 Å². The molecule has 0 saturated carbocycles. The minimum absolute atomic E-state index is 0.0231. The van der Waals surface area contributed by atoms with E-state index in [1.54, 1.807) is 0 Å². The van der Waals surface area contributed by atoms with Crippen molar-refractivity contribution in [2.45, 2.75) is 18.0 Å². The molecule has 0 aliphatic heterocycles. The highest BCUT2D eigenvalue weighted by Crippen LogP contribution is 2.34. The lowest BCUT2D eigenvalue weighted by Gasteiger charge is -2.12. The SMILES string of the molecule is Cc1cc2[nH]c(=O)cc(C(F)(F)F)c2cc1S(=O)(=O)O. The Balaban J connectivity index is 2.99. The van der Waals surface area contributed by atoms with Gasteiger partial charge in [0.05, 0.1) is 10.5 Å². The highest BCUT2D eigenvalue weighted by molar-refractivity contribution is 7.85. The molecule has 2 rings (SSSR count). The average molecular weight is 307 g/mol. The van der Waals surface area contributed by atoms with E-state index < -0.39 is 37.7 Å². The lowest BCUT2D eigenvalue weighted by molar-refractivity contribution is -0.136. The summed E-state index contributed by atoms with van der Waals surface area (Å²) in [5.74, 6) is 0. The van der Waals surface area contributed by atoms with Gasteiger partial charge in [0.25, 0.3) is 10.1 Å². The Kier molecular flexibility index (Phi) is 3.14. The summed E-state index contributed by atoms with van der Waals surface area (Å²) in [4.78, 5) is 12.8. The van der Waals surface area contributed by atoms with Crippen molar-refractivity contribution in [3.05, 3.63) is 39.7 Å². The van der Waals surface area contributed by atoms with Gasteiger partial charge in [-0.3, -0.25) is 9.35 Å². The van der Waals surface area contributed by atoms with Crippen LogP contribution in [0.25, 0.3) is 10.9 Å². The molecule has 20 heavy (non-hydrogen) atoms. The Morgan fingerprint density at radius 3 is 2.30 bits per heavy atom. The van der Waals surface area contributed by atoms with Gasteiger partial charge >= 0.3 is 6.18 Å². The molecule has 108 valence electrons. The molecule has 0 spiro atoms. The van der Waals surface area contributed by atoms with Crippen molar-refractivity contribution in [1.29, 1.82) is 0 Å². The van der Waals surface area contributed by atoms with Gasteiger partial charge in [0.15, 0.2) is 0 Å². The van der Waals surface area contributed by atoms with Crippen LogP contribution in [0.1, 0.15) is 11.1 Å². The zero-order valence-corrected chi connectivity index (χ0v) is 10.8. The second kappa shape index (κ2) is 4.32. The molecule has 0 unspecified atom stereocenters. The van der Waals surface area contributed by atoms with E-state index in [-0.39, 0.29) is 11.1 Å². The smallest absolute Gasteiger partial charge is 0.322 e. The van der Waals surface area contributed by atoms with E-state index in [4.69, 9.17) is 4.55 Å². The molecule has 0 radical (unpaired) electrons. The molecule has 5 nitrogen and oxygen atoms in total. The number of nitrogens with one attached hydrogen (secondary N) is 1. The van der Waals surface area contributed by atoms with Gasteiger partial charge in [0, 0.05) is 17.0 Å². The molecule has 0 amide bonds. The van der Waals surface area contributed by atoms with E-state index >= 15 is 0 Å². The van der Waals surface area contributed by atoms with Gasteiger partial charge in [0.2, 0.25) is 5.56 Å². The minimum Gasteiger partial charge on any atom is -0.322 e. The summed E-state index contributed by atoms with van der Waals surface area (Å²) >= 11 is 0. The van der Waals surface area contributed by atoms with Crippen molar-refractivity contribution in [3.63, 3.8) is 0 Å². The van der Waals surface area contributed by atoms with Gasteiger partial charge < -0.3 is 4.98 Å². The van der Waals surface area contributed by atoms with Crippen LogP contribution in [0.2, 0.25) is 0 Å². The number of aryl methyl sites for hydroxylation is 1. The van der Waals surface area contributed by atoms with E-state index in [1.807, 2.05) is 0 Å². The summed E-state index contributed by atoms with van der Waals surface area (Å²) < 4.78 is 69.8. The van der Waals surface area contributed by atoms with Crippen molar-refractivity contribution in [3.8, 4) is 0 Å². The van der Waals surface area contributed by atoms with Gasteiger partial charge in [0.1, 0.15) is 0 Å². The number of aromatic amines is 1. The van der Waals surface area contributed by atoms with Gasteiger partial charge in [-0.15, -0.1) is 0 Å². The second-order valence-electron chi connectivity index (χ2n) is 4.18. The van der Waals surface area contributed by atoms with E-state index in [2.05, 4.69) is 4.98 Å². The number of fused-ring (bicyclic) bond motifs is 1. The number of H-pyrrole nitrogens is 1. The van der Waals surface area contributed by atoms with Crippen molar-refractivity contribution in [2.75, 3.05) is 0 Å². The van der Waals surface area contributed by atoms with Crippen molar-refractivity contribution in [1.82, 2.24) is 4.98 Å². The first-order chi connectivity index (χ1) is 9.00. The van der Waals surface area contributed by atoms with Gasteiger partial charge in [-0.05, 0) is 24.6 Å². The zero-order chi connectivity index (χ0) is 15.3. The first-order valence-electron chi connectivity index (χ1n) is 5.22. The van der Waals surface area contributed by atoms with E-state index in [9.17, 15) is 26.4 Å². The van der Waals surface area contributed by atoms with Crippen LogP contribution < -0.4 is 5.56 Å². The lowest BCUT2D eigenvalue weighted by Crippen LogP contribution is -2.14. The Morgan fingerprint density at radius 2 is 1.80 bits per heavy atom. The maximum atomic E-state index is 12.9. The summed E-state index contributed by atoms with van der Waals surface area (Å²) in [7, 11) is -4.66. The molecule has 0 saturated heterocycles. The van der Waals surface area contributed by atoms with Crippen molar-refractivity contribution in [2.24, 2.45) is 0 Å². The Morgan fingerprint density at radius 1 is 1.20 bits per heavy atom. The van der Waals surface area contributed by atoms with Crippen LogP contribution in [-0.4, -0.2) is 18.0 Å². The molecular weight excluding hydrogens is 299 g/mol. The molecule has 1 aromatic carbocycles. The molecule has 0 fully saturated rings. The third kappa shape index (κ3) is 2.54. The molecule has 2 N–H and O–H groups in total. The number of pyridine rings is 1. The fourth-order valence-electron chi connectivity index (χ4n) is 1.90. The van der Waals surface area contributed by atoms with Crippen LogP contribution in [0.5, 0.6) is 0 Å². The van der Waals surface area contributed by atoms with Crippen molar-refractivity contribution >= 4 is 21.0 Å². The monoisotopic (exact) mass is 307 g/mol. The standard InChI is InChI=1S/C11H8F3NO4S/c1-5-2-8-6(3-9(5)20(17,18)19)7(11(12,13)14)4-10(16)15-8/h2-4H,1H3,(H,15,16)(H,17,18,19). The summed E-state index contributed by atoms with van der Waals surface area (Å²) in [6.07, 6.45) is -4.82.